The minimum absolute atomic E-state index is 0.0950. The van der Waals surface area contributed by atoms with E-state index in [1.165, 1.54) is 0 Å². The first-order valence-electron chi connectivity index (χ1n) is 7.20. The third kappa shape index (κ3) is 4.12. The number of hydrogen-bond acceptors (Lipinski definition) is 4. The lowest BCUT2D eigenvalue weighted by molar-refractivity contribution is 0.0784. The predicted octanol–water partition coefficient (Wildman–Crippen LogP) is 2.27. The van der Waals surface area contributed by atoms with Crippen LogP contribution in [0.25, 0.3) is 0 Å². The third-order valence-corrected chi connectivity index (χ3v) is 3.29. The van der Waals surface area contributed by atoms with Crippen molar-refractivity contribution in [1.82, 2.24) is 14.7 Å². The van der Waals surface area contributed by atoms with Crippen LogP contribution in [0, 0.1) is 0 Å². The van der Waals surface area contributed by atoms with Crippen LogP contribution in [0.5, 0.6) is 11.5 Å². The standard InChI is InChI=1S/C17H21N3O3/c1-5-8-23-15-7-6-14(9-16(15)22-4)17(21)19(2)11-13-10-18-20(3)12-13/h5-7,9-10,12H,1,8,11H2,2-4H3. The molecule has 0 aliphatic carbocycles. The van der Waals surface area contributed by atoms with Gasteiger partial charge in [0.2, 0.25) is 0 Å². The van der Waals surface area contributed by atoms with Crippen LogP contribution in [0.2, 0.25) is 0 Å². The third-order valence-electron chi connectivity index (χ3n) is 3.29. The second kappa shape index (κ2) is 7.49. The van der Waals surface area contributed by atoms with Crippen LogP contribution in [0.3, 0.4) is 0 Å². The maximum absolute atomic E-state index is 12.5. The molecular formula is C17H21N3O3. The van der Waals surface area contributed by atoms with Crippen molar-refractivity contribution in [2.75, 3.05) is 20.8 Å². The second-order valence-corrected chi connectivity index (χ2v) is 5.15. The van der Waals surface area contributed by atoms with E-state index in [-0.39, 0.29) is 5.91 Å². The Balaban J connectivity index is 2.13. The molecule has 23 heavy (non-hydrogen) atoms. The maximum atomic E-state index is 12.5. The highest BCUT2D eigenvalue weighted by Gasteiger charge is 2.15. The van der Waals surface area contributed by atoms with E-state index in [0.29, 0.717) is 30.2 Å². The van der Waals surface area contributed by atoms with Gasteiger partial charge >= 0.3 is 0 Å². The lowest BCUT2D eigenvalue weighted by Crippen LogP contribution is -2.26. The lowest BCUT2D eigenvalue weighted by atomic mass is 10.1. The van der Waals surface area contributed by atoms with Crippen LogP contribution >= 0.6 is 0 Å². The Morgan fingerprint density at radius 1 is 1.43 bits per heavy atom. The molecule has 2 rings (SSSR count). The Hall–Kier alpha value is -2.76. The van der Waals surface area contributed by atoms with Gasteiger partial charge in [-0.3, -0.25) is 9.48 Å². The summed E-state index contributed by atoms with van der Waals surface area (Å²) in [6.07, 6.45) is 5.29. The van der Waals surface area contributed by atoms with Gasteiger partial charge in [0.25, 0.3) is 5.91 Å². The van der Waals surface area contributed by atoms with Crippen LogP contribution in [0.15, 0.2) is 43.2 Å². The Bertz CT molecular complexity index is 694. The number of aryl methyl sites for hydroxylation is 1. The van der Waals surface area contributed by atoms with Gasteiger partial charge in [-0.15, -0.1) is 0 Å². The summed E-state index contributed by atoms with van der Waals surface area (Å²) in [6, 6.07) is 5.14. The molecule has 0 saturated heterocycles. The van der Waals surface area contributed by atoms with E-state index in [4.69, 9.17) is 9.47 Å². The van der Waals surface area contributed by atoms with Gasteiger partial charge in [-0.25, -0.2) is 0 Å². The number of carbonyl (C=O) groups excluding carboxylic acids is 1. The molecule has 0 fully saturated rings. The van der Waals surface area contributed by atoms with Crippen molar-refractivity contribution in [3.8, 4) is 11.5 Å². The molecule has 1 aromatic carbocycles. The molecule has 6 nitrogen and oxygen atoms in total. The fraction of sp³-hybridized carbons (Fsp3) is 0.294. The summed E-state index contributed by atoms with van der Waals surface area (Å²) in [7, 11) is 5.14. The first kappa shape index (κ1) is 16.6. The quantitative estimate of drug-likeness (QED) is 0.736. The molecule has 2 aromatic rings. The molecule has 0 aliphatic rings. The molecule has 0 saturated carbocycles. The van der Waals surface area contributed by atoms with E-state index in [1.54, 1.807) is 54.2 Å². The number of carbonyl (C=O) groups is 1. The summed E-state index contributed by atoms with van der Waals surface area (Å²) < 4.78 is 12.5. The number of rotatable bonds is 7. The first-order valence-corrected chi connectivity index (χ1v) is 7.20. The van der Waals surface area contributed by atoms with Crippen LogP contribution in [-0.4, -0.2) is 41.4 Å². The van der Waals surface area contributed by atoms with Gasteiger partial charge in [0.15, 0.2) is 11.5 Å². The second-order valence-electron chi connectivity index (χ2n) is 5.15. The molecule has 6 heteroatoms. The Morgan fingerprint density at radius 2 is 2.22 bits per heavy atom. The minimum atomic E-state index is -0.0950. The topological polar surface area (TPSA) is 56.6 Å². The average molecular weight is 315 g/mol. The van der Waals surface area contributed by atoms with Gasteiger partial charge in [0.05, 0.1) is 13.3 Å². The largest absolute Gasteiger partial charge is 0.493 e. The maximum Gasteiger partial charge on any atom is 0.254 e. The Morgan fingerprint density at radius 3 is 2.83 bits per heavy atom. The molecular weight excluding hydrogens is 294 g/mol. The van der Waals surface area contributed by atoms with Crippen molar-refractivity contribution in [2.45, 2.75) is 6.54 Å². The van der Waals surface area contributed by atoms with Crippen molar-refractivity contribution in [3.63, 3.8) is 0 Å². The van der Waals surface area contributed by atoms with Gasteiger partial charge in [-0.2, -0.15) is 5.10 Å². The van der Waals surface area contributed by atoms with Gasteiger partial charge in [-0.1, -0.05) is 12.7 Å². The van der Waals surface area contributed by atoms with E-state index < -0.39 is 0 Å². The number of hydrogen-bond donors (Lipinski definition) is 0. The minimum Gasteiger partial charge on any atom is -0.493 e. The molecule has 122 valence electrons. The summed E-state index contributed by atoms with van der Waals surface area (Å²) in [6.45, 7) is 4.48. The van der Waals surface area contributed by atoms with E-state index >= 15 is 0 Å². The fourth-order valence-electron chi connectivity index (χ4n) is 2.19. The molecule has 0 unspecified atom stereocenters. The molecule has 0 radical (unpaired) electrons. The molecule has 0 spiro atoms. The molecule has 0 bridgehead atoms. The monoisotopic (exact) mass is 315 g/mol. The summed E-state index contributed by atoms with van der Waals surface area (Å²) in [4.78, 5) is 14.2. The summed E-state index contributed by atoms with van der Waals surface area (Å²) in [5, 5.41) is 4.10. The highest BCUT2D eigenvalue weighted by Crippen LogP contribution is 2.28. The molecule has 0 aliphatic heterocycles. The number of aromatic nitrogens is 2. The van der Waals surface area contributed by atoms with Crippen LogP contribution in [0.4, 0.5) is 0 Å². The van der Waals surface area contributed by atoms with Gasteiger partial charge in [0.1, 0.15) is 6.61 Å². The summed E-state index contributed by atoms with van der Waals surface area (Å²) >= 11 is 0. The molecule has 1 aromatic heterocycles. The smallest absolute Gasteiger partial charge is 0.254 e. The zero-order valence-corrected chi connectivity index (χ0v) is 13.7. The van der Waals surface area contributed by atoms with Crippen LogP contribution < -0.4 is 9.47 Å². The highest BCUT2D eigenvalue weighted by atomic mass is 16.5. The Labute approximate surface area is 135 Å². The fourth-order valence-corrected chi connectivity index (χ4v) is 2.19. The first-order chi connectivity index (χ1) is 11.0. The molecule has 1 amide bonds. The van der Waals surface area contributed by atoms with E-state index in [0.717, 1.165) is 5.56 Å². The molecule has 0 atom stereocenters. The van der Waals surface area contributed by atoms with Gasteiger partial charge in [0, 0.05) is 38.0 Å². The van der Waals surface area contributed by atoms with Crippen molar-refractivity contribution >= 4 is 5.91 Å². The van der Waals surface area contributed by atoms with Crippen molar-refractivity contribution in [3.05, 3.63) is 54.4 Å². The van der Waals surface area contributed by atoms with Crippen molar-refractivity contribution in [1.29, 1.82) is 0 Å². The van der Waals surface area contributed by atoms with E-state index in [9.17, 15) is 4.79 Å². The van der Waals surface area contributed by atoms with Gasteiger partial charge < -0.3 is 14.4 Å². The SMILES string of the molecule is C=CCOc1ccc(C(=O)N(C)Cc2cnn(C)c2)cc1OC. The predicted molar refractivity (Wildman–Crippen MR) is 87.7 cm³/mol. The van der Waals surface area contributed by atoms with E-state index in [2.05, 4.69) is 11.7 Å². The zero-order valence-electron chi connectivity index (χ0n) is 13.7. The lowest BCUT2D eigenvalue weighted by Gasteiger charge is -2.17. The number of amides is 1. The summed E-state index contributed by atoms with van der Waals surface area (Å²) in [5.74, 6) is 1.01. The van der Waals surface area contributed by atoms with Crippen LogP contribution in [-0.2, 0) is 13.6 Å². The number of benzene rings is 1. The molecule has 1 heterocycles. The zero-order chi connectivity index (χ0) is 16.8. The highest BCUT2D eigenvalue weighted by molar-refractivity contribution is 5.94. The van der Waals surface area contributed by atoms with Crippen molar-refractivity contribution < 1.29 is 14.3 Å². The molecule has 0 N–H and O–H groups in total. The van der Waals surface area contributed by atoms with E-state index in [1.807, 2.05) is 13.2 Å². The van der Waals surface area contributed by atoms with Gasteiger partial charge in [-0.05, 0) is 18.2 Å². The number of methoxy groups -OCH3 is 1. The summed E-state index contributed by atoms with van der Waals surface area (Å²) in [5.41, 5.74) is 1.51. The normalized spacial score (nSPS) is 10.2. The van der Waals surface area contributed by atoms with Crippen LogP contribution in [0.1, 0.15) is 15.9 Å². The van der Waals surface area contributed by atoms with Crippen molar-refractivity contribution in [2.24, 2.45) is 7.05 Å². The number of nitrogens with zero attached hydrogens (tertiary/aromatic N) is 3. The number of ether oxygens (including phenoxy) is 2. The Kier molecular flexibility index (Phi) is 5.41. The average Bonchev–Trinajstić information content (AvgIpc) is 2.96.